The molecule has 1 aliphatic rings. The molecule has 1 atom stereocenters. The zero-order valence-corrected chi connectivity index (χ0v) is 7.88. The third-order valence-corrected chi connectivity index (χ3v) is 3.95. The summed E-state index contributed by atoms with van der Waals surface area (Å²) in [5.74, 6) is 1.49. The SMILES string of the molecule is CC1=C(Cl)C=CP(=O)(Cl)C1. The highest BCUT2D eigenvalue weighted by Gasteiger charge is 2.19. The molecular formula is C6H7Cl2OP. The van der Waals surface area contributed by atoms with Crippen LogP contribution >= 0.6 is 29.3 Å². The Morgan fingerprint density at radius 1 is 1.70 bits per heavy atom. The standard InChI is InChI=1S/C6H7Cl2OP/c1-5-4-10(8,9)3-2-6(5)7/h2-3H,4H2,1H3. The monoisotopic (exact) mass is 196 g/mol. The van der Waals surface area contributed by atoms with Gasteiger partial charge in [-0.15, -0.1) is 0 Å². The molecule has 1 heterocycles. The molecule has 0 bridgehead atoms. The van der Waals surface area contributed by atoms with Crippen LogP contribution in [0.5, 0.6) is 0 Å². The van der Waals surface area contributed by atoms with E-state index >= 15 is 0 Å². The lowest BCUT2D eigenvalue weighted by Gasteiger charge is -2.11. The minimum Gasteiger partial charge on any atom is -0.302 e. The molecule has 0 spiro atoms. The van der Waals surface area contributed by atoms with Gasteiger partial charge in [0.15, 0.2) is 6.49 Å². The Hall–Kier alpha value is 0.290. The highest BCUT2D eigenvalue weighted by atomic mass is 35.7. The van der Waals surface area contributed by atoms with Crippen LogP contribution in [0.25, 0.3) is 0 Å². The second-order valence-electron chi connectivity index (χ2n) is 2.31. The molecule has 10 heavy (non-hydrogen) atoms. The lowest BCUT2D eigenvalue weighted by atomic mass is 10.3. The molecule has 0 N–H and O–H groups in total. The van der Waals surface area contributed by atoms with Crippen LogP contribution in [0.1, 0.15) is 6.92 Å². The minimum absolute atomic E-state index is 0.407. The third-order valence-electron chi connectivity index (χ3n) is 1.30. The Kier molecular flexibility index (Phi) is 2.29. The second-order valence-corrected chi connectivity index (χ2v) is 6.45. The molecule has 0 aromatic heterocycles. The molecule has 4 heteroatoms. The van der Waals surface area contributed by atoms with E-state index in [2.05, 4.69) is 0 Å². The predicted octanol–water partition coefficient (Wildman–Crippen LogP) is 3.54. The van der Waals surface area contributed by atoms with Gasteiger partial charge < -0.3 is 4.57 Å². The fourth-order valence-electron chi connectivity index (χ4n) is 0.771. The second kappa shape index (κ2) is 2.73. The zero-order valence-electron chi connectivity index (χ0n) is 5.47. The van der Waals surface area contributed by atoms with Gasteiger partial charge in [-0.05, 0) is 35.6 Å². The normalized spacial score (nSPS) is 33.1. The fourth-order valence-corrected chi connectivity index (χ4v) is 3.08. The maximum Gasteiger partial charge on any atom is 0.194 e. The molecule has 0 amide bonds. The first kappa shape index (κ1) is 8.39. The van der Waals surface area contributed by atoms with Crippen LogP contribution in [0, 0.1) is 0 Å². The van der Waals surface area contributed by atoms with Gasteiger partial charge in [-0.3, -0.25) is 0 Å². The lowest BCUT2D eigenvalue weighted by molar-refractivity contribution is 0.590. The van der Waals surface area contributed by atoms with E-state index in [0.717, 1.165) is 5.57 Å². The lowest BCUT2D eigenvalue weighted by Crippen LogP contribution is -1.90. The van der Waals surface area contributed by atoms with Gasteiger partial charge in [-0.25, -0.2) is 0 Å². The molecule has 1 rings (SSSR count). The summed E-state index contributed by atoms with van der Waals surface area (Å²) in [7, 11) is 0. The number of hydrogen-bond acceptors (Lipinski definition) is 1. The summed E-state index contributed by atoms with van der Waals surface area (Å²) < 4.78 is 11.2. The van der Waals surface area contributed by atoms with E-state index in [1.165, 1.54) is 5.82 Å². The van der Waals surface area contributed by atoms with Crippen LogP contribution < -0.4 is 0 Å². The average molecular weight is 197 g/mol. The first-order valence-electron chi connectivity index (χ1n) is 2.84. The van der Waals surface area contributed by atoms with Crippen molar-refractivity contribution in [3.8, 4) is 0 Å². The molecule has 1 aliphatic heterocycles. The minimum atomic E-state index is -2.53. The average Bonchev–Trinajstić information content (AvgIpc) is 1.79. The van der Waals surface area contributed by atoms with Crippen molar-refractivity contribution in [1.29, 1.82) is 0 Å². The summed E-state index contributed by atoms with van der Waals surface area (Å²) in [5, 5.41) is 0.659. The Bertz CT molecular complexity index is 254. The van der Waals surface area contributed by atoms with E-state index < -0.39 is 6.49 Å². The van der Waals surface area contributed by atoms with E-state index in [1.54, 1.807) is 6.08 Å². The smallest absolute Gasteiger partial charge is 0.194 e. The van der Waals surface area contributed by atoms with Crippen molar-refractivity contribution in [3.05, 3.63) is 22.5 Å². The van der Waals surface area contributed by atoms with Crippen LogP contribution in [0.3, 0.4) is 0 Å². The number of halogens is 2. The highest BCUT2D eigenvalue weighted by molar-refractivity contribution is 7.91. The van der Waals surface area contributed by atoms with Crippen molar-refractivity contribution in [3.63, 3.8) is 0 Å². The molecule has 56 valence electrons. The van der Waals surface area contributed by atoms with Gasteiger partial charge in [0.2, 0.25) is 0 Å². The van der Waals surface area contributed by atoms with Crippen molar-refractivity contribution in [2.75, 3.05) is 6.16 Å². The van der Waals surface area contributed by atoms with Gasteiger partial charge >= 0.3 is 0 Å². The van der Waals surface area contributed by atoms with Gasteiger partial charge in [0, 0.05) is 11.2 Å². The summed E-state index contributed by atoms with van der Waals surface area (Å²) in [6.45, 7) is -0.697. The van der Waals surface area contributed by atoms with Gasteiger partial charge in [-0.1, -0.05) is 11.6 Å². The summed E-state index contributed by atoms with van der Waals surface area (Å²) >= 11 is 11.3. The summed E-state index contributed by atoms with van der Waals surface area (Å²) in [6.07, 6.45) is 2.01. The van der Waals surface area contributed by atoms with E-state index in [4.69, 9.17) is 22.8 Å². The number of hydrogen-bond donors (Lipinski definition) is 0. The molecule has 0 fully saturated rings. The fraction of sp³-hybridized carbons (Fsp3) is 0.333. The van der Waals surface area contributed by atoms with Crippen LogP contribution in [0.15, 0.2) is 22.5 Å². The first-order chi connectivity index (χ1) is 4.51. The predicted molar refractivity (Wildman–Crippen MR) is 46.0 cm³/mol. The van der Waals surface area contributed by atoms with Crippen molar-refractivity contribution in [2.24, 2.45) is 0 Å². The Balaban J connectivity index is 2.95. The molecule has 0 aliphatic carbocycles. The summed E-state index contributed by atoms with van der Waals surface area (Å²) in [6, 6.07) is 0. The Morgan fingerprint density at radius 3 is 2.70 bits per heavy atom. The summed E-state index contributed by atoms with van der Waals surface area (Å²) in [4.78, 5) is 0. The highest BCUT2D eigenvalue weighted by Crippen LogP contribution is 2.56. The molecule has 1 unspecified atom stereocenters. The van der Waals surface area contributed by atoms with E-state index in [0.29, 0.717) is 11.2 Å². The third kappa shape index (κ3) is 1.88. The van der Waals surface area contributed by atoms with Crippen LogP contribution in [0.4, 0.5) is 0 Å². The molecule has 0 saturated carbocycles. The van der Waals surface area contributed by atoms with Crippen LogP contribution in [0.2, 0.25) is 0 Å². The quantitative estimate of drug-likeness (QED) is 0.542. The largest absolute Gasteiger partial charge is 0.302 e. The van der Waals surface area contributed by atoms with Crippen molar-refractivity contribution >= 4 is 29.3 Å². The van der Waals surface area contributed by atoms with Crippen molar-refractivity contribution in [2.45, 2.75) is 6.92 Å². The van der Waals surface area contributed by atoms with Crippen LogP contribution in [-0.2, 0) is 4.57 Å². The van der Waals surface area contributed by atoms with Gasteiger partial charge in [0.05, 0.1) is 0 Å². The molecule has 0 radical (unpaired) electrons. The Labute approximate surface area is 69.9 Å². The topological polar surface area (TPSA) is 17.1 Å². The number of rotatable bonds is 0. The molecule has 0 aromatic rings. The molecule has 0 aromatic carbocycles. The van der Waals surface area contributed by atoms with E-state index in [9.17, 15) is 4.57 Å². The van der Waals surface area contributed by atoms with Crippen LogP contribution in [-0.4, -0.2) is 6.16 Å². The molecule has 0 saturated heterocycles. The molecule has 1 nitrogen and oxygen atoms in total. The van der Waals surface area contributed by atoms with Gasteiger partial charge in [0.25, 0.3) is 0 Å². The number of allylic oxidation sites excluding steroid dienone is 3. The maximum absolute atomic E-state index is 11.2. The van der Waals surface area contributed by atoms with Gasteiger partial charge in [-0.2, -0.15) is 0 Å². The van der Waals surface area contributed by atoms with Crippen molar-refractivity contribution < 1.29 is 4.57 Å². The Morgan fingerprint density at radius 2 is 2.30 bits per heavy atom. The maximum atomic E-state index is 11.2. The summed E-state index contributed by atoms with van der Waals surface area (Å²) in [5.41, 5.74) is 0.905. The molecular weight excluding hydrogens is 190 g/mol. The van der Waals surface area contributed by atoms with E-state index in [1.807, 2.05) is 6.92 Å². The van der Waals surface area contributed by atoms with E-state index in [-0.39, 0.29) is 0 Å². The van der Waals surface area contributed by atoms with Gasteiger partial charge in [0.1, 0.15) is 0 Å². The zero-order chi connectivity index (χ0) is 7.78. The first-order valence-corrected chi connectivity index (χ1v) is 6.08. The van der Waals surface area contributed by atoms with Crippen molar-refractivity contribution in [1.82, 2.24) is 0 Å².